The van der Waals surface area contributed by atoms with Crippen LogP contribution in [-0.2, 0) is 0 Å². The first-order valence-corrected chi connectivity index (χ1v) is 4.30. The maximum Gasteiger partial charge on any atom is 0.0994 e. The molecular weight excluding hydrogens is 162 g/mol. The molecule has 2 nitrogen and oxygen atoms in total. The van der Waals surface area contributed by atoms with E-state index >= 15 is 0 Å². The Morgan fingerprint density at radius 1 is 1.54 bits per heavy atom. The molecule has 0 aliphatic rings. The summed E-state index contributed by atoms with van der Waals surface area (Å²) in [6.45, 7) is 3.97. The number of rotatable bonds is 2. The van der Waals surface area contributed by atoms with Crippen molar-refractivity contribution >= 4 is 0 Å². The minimum Gasteiger partial charge on any atom is -0.396 e. The van der Waals surface area contributed by atoms with E-state index in [1.807, 2.05) is 26.0 Å². The molecule has 0 saturated heterocycles. The quantitative estimate of drug-likeness (QED) is 0.746. The number of aliphatic hydroxyl groups excluding tert-OH is 1. The van der Waals surface area contributed by atoms with Crippen molar-refractivity contribution in [3.05, 3.63) is 34.9 Å². The lowest BCUT2D eigenvalue weighted by Crippen LogP contribution is -2.02. The Bertz CT molecular complexity index is 338. The van der Waals surface area contributed by atoms with E-state index in [4.69, 9.17) is 10.4 Å². The third-order valence-corrected chi connectivity index (χ3v) is 2.13. The summed E-state index contributed by atoms with van der Waals surface area (Å²) in [4.78, 5) is 0. The fourth-order valence-electron chi connectivity index (χ4n) is 1.29. The maximum absolute atomic E-state index is 8.99. The number of nitrogens with zero attached hydrogens (tertiary/aromatic N) is 1. The van der Waals surface area contributed by atoms with E-state index < -0.39 is 0 Å². The number of benzene rings is 1. The van der Waals surface area contributed by atoms with Crippen molar-refractivity contribution in [2.24, 2.45) is 0 Å². The molecule has 1 aromatic rings. The summed E-state index contributed by atoms with van der Waals surface area (Å²) in [5, 5.41) is 17.8. The Balaban J connectivity index is 3.17. The standard InChI is InChI=1S/C11H13NO/c1-8-3-4-10(6-12)11(5-8)9(2)7-13/h3-5,9,13H,7H2,1-2H3. The van der Waals surface area contributed by atoms with Crippen LogP contribution in [-0.4, -0.2) is 11.7 Å². The normalized spacial score (nSPS) is 12.2. The van der Waals surface area contributed by atoms with Crippen LogP contribution < -0.4 is 0 Å². The Hall–Kier alpha value is -1.33. The van der Waals surface area contributed by atoms with E-state index in [1.54, 1.807) is 6.07 Å². The zero-order valence-electron chi connectivity index (χ0n) is 7.91. The number of hydrogen-bond acceptors (Lipinski definition) is 2. The van der Waals surface area contributed by atoms with Crippen molar-refractivity contribution in [2.75, 3.05) is 6.61 Å². The van der Waals surface area contributed by atoms with Crippen LogP contribution in [0.4, 0.5) is 0 Å². The molecule has 0 radical (unpaired) electrons. The third-order valence-electron chi connectivity index (χ3n) is 2.13. The second-order valence-corrected chi connectivity index (χ2v) is 3.29. The minimum absolute atomic E-state index is 0.0366. The van der Waals surface area contributed by atoms with Gasteiger partial charge in [-0.1, -0.05) is 24.6 Å². The van der Waals surface area contributed by atoms with Crippen LogP contribution in [0.2, 0.25) is 0 Å². The van der Waals surface area contributed by atoms with Gasteiger partial charge >= 0.3 is 0 Å². The summed E-state index contributed by atoms with van der Waals surface area (Å²) in [6, 6.07) is 7.80. The third kappa shape index (κ3) is 2.07. The van der Waals surface area contributed by atoms with Gasteiger partial charge in [-0.05, 0) is 18.6 Å². The van der Waals surface area contributed by atoms with Gasteiger partial charge in [0.25, 0.3) is 0 Å². The highest BCUT2D eigenvalue weighted by Crippen LogP contribution is 2.20. The Kier molecular flexibility index (Phi) is 3.05. The number of hydrogen-bond donors (Lipinski definition) is 1. The molecule has 68 valence electrons. The van der Waals surface area contributed by atoms with Crippen molar-refractivity contribution in [1.29, 1.82) is 5.26 Å². The van der Waals surface area contributed by atoms with Gasteiger partial charge in [0, 0.05) is 12.5 Å². The van der Waals surface area contributed by atoms with E-state index in [0.29, 0.717) is 5.56 Å². The number of nitriles is 1. The van der Waals surface area contributed by atoms with Crippen LogP contribution in [0.5, 0.6) is 0 Å². The van der Waals surface area contributed by atoms with E-state index in [1.165, 1.54) is 0 Å². The van der Waals surface area contributed by atoms with E-state index in [2.05, 4.69) is 6.07 Å². The predicted molar refractivity (Wildman–Crippen MR) is 51.4 cm³/mol. The van der Waals surface area contributed by atoms with E-state index in [0.717, 1.165) is 11.1 Å². The van der Waals surface area contributed by atoms with E-state index in [9.17, 15) is 0 Å². The lowest BCUT2D eigenvalue weighted by atomic mass is 9.95. The van der Waals surface area contributed by atoms with Gasteiger partial charge in [0.15, 0.2) is 0 Å². The highest BCUT2D eigenvalue weighted by atomic mass is 16.3. The molecule has 0 heterocycles. The molecule has 0 fully saturated rings. The monoisotopic (exact) mass is 175 g/mol. The molecule has 0 aliphatic carbocycles. The second-order valence-electron chi connectivity index (χ2n) is 3.29. The molecule has 0 amide bonds. The molecule has 0 spiro atoms. The lowest BCUT2D eigenvalue weighted by Gasteiger charge is -2.10. The highest BCUT2D eigenvalue weighted by molar-refractivity contribution is 5.41. The second kappa shape index (κ2) is 4.06. The highest BCUT2D eigenvalue weighted by Gasteiger charge is 2.09. The van der Waals surface area contributed by atoms with Crippen molar-refractivity contribution in [3.63, 3.8) is 0 Å². The number of aryl methyl sites for hydroxylation is 1. The molecule has 1 aromatic carbocycles. The molecule has 0 bridgehead atoms. The predicted octanol–water partition coefficient (Wildman–Crippen LogP) is 1.96. The molecule has 0 saturated carbocycles. The molecule has 1 unspecified atom stereocenters. The average molecular weight is 175 g/mol. The topological polar surface area (TPSA) is 44.0 Å². The largest absolute Gasteiger partial charge is 0.396 e. The van der Waals surface area contributed by atoms with Crippen LogP contribution >= 0.6 is 0 Å². The van der Waals surface area contributed by atoms with Crippen LogP contribution in [0.1, 0.15) is 29.5 Å². The van der Waals surface area contributed by atoms with Gasteiger partial charge in [-0.2, -0.15) is 5.26 Å². The molecular formula is C11H13NO. The van der Waals surface area contributed by atoms with Gasteiger partial charge < -0.3 is 5.11 Å². The Morgan fingerprint density at radius 2 is 2.23 bits per heavy atom. The minimum atomic E-state index is 0.0366. The zero-order chi connectivity index (χ0) is 9.84. The van der Waals surface area contributed by atoms with Crippen molar-refractivity contribution in [3.8, 4) is 6.07 Å². The van der Waals surface area contributed by atoms with Crippen LogP contribution in [0.3, 0.4) is 0 Å². The summed E-state index contributed by atoms with van der Waals surface area (Å²) in [5.41, 5.74) is 2.71. The molecule has 13 heavy (non-hydrogen) atoms. The maximum atomic E-state index is 8.99. The van der Waals surface area contributed by atoms with Crippen molar-refractivity contribution in [2.45, 2.75) is 19.8 Å². The fourth-order valence-corrected chi connectivity index (χ4v) is 1.29. The van der Waals surface area contributed by atoms with Gasteiger partial charge in [-0.15, -0.1) is 0 Å². The molecule has 1 rings (SSSR count). The number of aliphatic hydroxyl groups is 1. The van der Waals surface area contributed by atoms with Gasteiger partial charge in [-0.25, -0.2) is 0 Å². The van der Waals surface area contributed by atoms with Crippen molar-refractivity contribution < 1.29 is 5.11 Å². The van der Waals surface area contributed by atoms with Gasteiger partial charge in [0.1, 0.15) is 0 Å². The summed E-state index contributed by atoms with van der Waals surface area (Å²) in [7, 11) is 0. The summed E-state index contributed by atoms with van der Waals surface area (Å²) in [6.07, 6.45) is 0. The van der Waals surface area contributed by atoms with Crippen molar-refractivity contribution in [1.82, 2.24) is 0 Å². The van der Waals surface area contributed by atoms with Gasteiger partial charge in [-0.3, -0.25) is 0 Å². The molecule has 0 aromatic heterocycles. The smallest absolute Gasteiger partial charge is 0.0994 e. The molecule has 2 heteroatoms. The zero-order valence-corrected chi connectivity index (χ0v) is 7.91. The molecule has 1 atom stereocenters. The van der Waals surface area contributed by atoms with Gasteiger partial charge in [0.2, 0.25) is 0 Å². The van der Waals surface area contributed by atoms with E-state index in [-0.39, 0.29) is 12.5 Å². The van der Waals surface area contributed by atoms with Crippen LogP contribution in [0, 0.1) is 18.3 Å². The summed E-state index contributed by atoms with van der Waals surface area (Å²) >= 11 is 0. The van der Waals surface area contributed by atoms with Crippen LogP contribution in [0.25, 0.3) is 0 Å². The Morgan fingerprint density at radius 3 is 2.77 bits per heavy atom. The summed E-state index contributed by atoms with van der Waals surface area (Å²) < 4.78 is 0. The Labute approximate surface area is 78.4 Å². The molecule has 1 N–H and O–H groups in total. The molecule has 0 aliphatic heterocycles. The van der Waals surface area contributed by atoms with Crippen LogP contribution in [0.15, 0.2) is 18.2 Å². The average Bonchev–Trinajstić information content (AvgIpc) is 2.16. The first-order valence-electron chi connectivity index (χ1n) is 4.30. The fraction of sp³-hybridized carbons (Fsp3) is 0.364. The lowest BCUT2D eigenvalue weighted by molar-refractivity contribution is 0.273. The summed E-state index contributed by atoms with van der Waals surface area (Å²) in [5.74, 6) is 0.0366. The van der Waals surface area contributed by atoms with Gasteiger partial charge in [0.05, 0.1) is 11.6 Å². The SMILES string of the molecule is Cc1ccc(C#N)c(C(C)CO)c1. The first kappa shape index (κ1) is 9.76. The first-order chi connectivity index (χ1) is 6.19.